The number of rotatable bonds is 4. The van der Waals surface area contributed by atoms with Crippen LogP contribution in [0.1, 0.15) is 52.5 Å². The van der Waals surface area contributed by atoms with Gasteiger partial charge in [-0.05, 0) is 74.4 Å². The quantitative estimate of drug-likeness (QED) is 0.533. The minimum atomic E-state index is -2.33. The van der Waals surface area contributed by atoms with Crippen LogP contribution in [-0.2, 0) is 14.3 Å². The first-order valence-electron chi connectivity index (χ1n) is 13.3. The van der Waals surface area contributed by atoms with Gasteiger partial charge in [-0.3, -0.25) is 9.59 Å². The van der Waals surface area contributed by atoms with Crippen molar-refractivity contribution in [1.29, 1.82) is 0 Å². The Morgan fingerprint density at radius 3 is 2.47 bits per heavy atom. The number of carbonyl (C=O) groups excluding carboxylic acids is 2. The van der Waals surface area contributed by atoms with Crippen LogP contribution in [0, 0.1) is 28.6 Å². The highest BCUT2D eigenvalue weighted by atomic mass is 32.1. The Bertz CT molecular complexity index is 1260. The fourth-order valence-electron chi connectivity index (χ4n) is 8.32. The van der Waals surface area contributed by atoms with Crippen molar-refractivity contribution in [3.63, 3.8) is 0 Å². The number of alkyl halides is 2. The van der Waals surface area contributed by atoms with Crippen molar-refractivity contribution in [2.45, 2.75) is 70.5 Å². The van der Waals surface area contributed by atoms with Gasteiger partial charge in [-0.15, -0.1) is 0 Å². The largest absolute Gasteiger partial charge is 0.481 e. The number of thiocarbonyl (C=S) groups is 1. The molecule has 0 unspecified atom stereocenters. The van der Waals surface area contributed by atoms with Crippen molar-refractivity contribution in [1.82, 2.24) is 0 Å². The average Bonchev–Trinajstić information content (AvgIpc) is 3.08. The van der Waals surface area contributed by atoms with Gasteiger partial charge in [-0.25, -0.2) is 8.78 Å². The van der Waals surface area contributed by atoms with E-state index in [0.717, 1.165) is 0 Å². The van der Waals surface area contributed by atoms with Gasteiger partial charge in [-0.2, -0.15) is 0 Å². The normalized spacial score (nSPS) is 43.8. The van der Waals surface area contributed by atoms with E-state index >= 15 is 8.78 Å². The molecule has 0 radical (unpaired) electrons. The van der Waals surface area contributed by atoms with Crippen molar-refractivity contribution in [2.24, 2.45) is 28.6 Å². The zero-order chi connectivity index (χ0) is 27.8. The second-order valence-electron chi connectivity index (χ2n) is 11.9. The number of hydrogen-bond donors (Lipinski definition) is 2. The highest BCUT2D eigenvalue weighted by Crippen LogP contribution is 2.71. The molecule has 0 heterocycles. The van der Waals surface area contributed by atoms with Crippen LogP contribution < -0.4 is 0 Å². The van der Waals surface area contributed by atoms with E-state index in [0.29, 0.717) is 5.56 Å². The Kier molecular flexibility index (Phi) is 6.36. The predicted molar refractivity (Wildman–Crippen MR) is 143 cm³/mol. The number of aliphatic hydroxyl groups excluding tert-OH is 1. The van der Waals surface area contributed by atoms with Gasteiger partial charge in [-0.1, -0.05) is 50.3 Å². The van der Waals surface area contributed by atoms with Crippen LogP contribution >= 0.6 is 12.2 Å². The summed E-state index contributed by atoms with van der Waals surface area (Å²) in [6.45, 7) is 6.76. The van der Waals surface area contributed by atoms with Crippen molar-refractivity contribution in [3.05, 3.63) is 53.6 Å². The summed E-state index contributed by atoms with van der Waals surface area (Å²) in [5.41, 5.74) is -6.33. The van der Waals surface area contributed by atoms with Gasteiger partial charge in [0.25, 0.3) is 0 Å². The van der Waals surface area contributed by atoms with Gasteiger partial charge in [0.2, 0.25) is 10.8 Å². The molecule has 9 atom stereocenters. The van der Waals surface area contributed by atoms with Crippen molar-refractivity contribution in [2.75, 3.05) is 6.61 Å². The molecule has 0 bridgehead atoms. The molecule has 5 nitrogen and oxygen atoms in total. The number of Topliss-reactive ketones (excluding diaryl/α,β-unsaturated/α-hetero) is 1. The first-order valence-corrected chi connectivity index (χ1v) is 13.7. The third-order valence-electron chi connectivity index (χ3n) is 10.2. The Hall–Kier alpha value is -2.29. The Morgan fingerprint density at radius 1 is 1.18 bits per heavy atom. The van der Waals surface area contributed by atoms with E-state index in [2.05, 4.69) is 0 Å². The van der Waals surface area contributed by atoms with Crippen LogP contribution in [-0.4, -0.2) is 57.0 Å². The maximum atomic E-state index is 17.8. The van der Waals surface area contributed by atoms with Crippen molar-refractivity contribution in [3.8, 4) is 0 Å². The summed E-state index contributed by atoms with van der Waals surface area (Å²) in [5.74, 6) is -3.40. The second-order valence-corrected chi connectivity index (χ2v) is 12.2. The van der Waals surface area contributed by atoms with Gasteiger partial charge in [0.05, 0.1) is 12.7 Å². The minimum absolute atomic E-state index is 0.0264. The van der Waals surface area contributed by atoms with Crippen LogP contribution in [0.3, 0.4) is 0 Å². The van der Waals surface area contributed by atoms with Gasteiger partial charge in [0.15, 0.2) is 11.5 Å². The fourth-order valence-corrected chi connectivity index (χ4v) is 8.59. The molecule has 0 amide bonds. The SMILES string of the molecule is CCOC(=S)C(=O)[C@@]1(O)[C@H](C)C[C@H]2[C@@H]3C[C@H](F)C4=CC(=O)C(c5ccccc5)=C[C@]4(C)[C@@]3(F)[C@@H](O)C[C@@]21C. The van der Waals surface area contributed by atoms with Gasteiger partial charge < -0.3 is 14.9 Å². The molecule has 2 N–H and O–H groups in total. The van der Waals surface area contributed by atoms with E-state index in [1.54, 1.807) is 58.0 Å². The third kappa shape index (κ3) is 3.29. The lowest BCUT2D eigenvalue weighted by Crippen LogP contribution is -2.70. The summed E-state index contributed by atoms with van der Waals surface area (Å²) in [6, 6.07) is 8.82. The summed E-state index contributed by atoms with van der Waals surface area (Å²) in [6.07, 6.45) is -0.801. The van der Waals surface area contributed by atoms with Crippen LogP contribution in [0.25, 0.3) is 5.57 Å². The number of ketones is 2. The maximum Gasteiger partial charge on any atom is 0.241 e. The van der Waals surface area contributed by atoms with E-state index < -0.39 is 63.7 Å². The van der Waals surface area contributed by atoms with Gasteiger partial charge >= 0.3 is 0 Å². The highest BCUT2D eigenvalue weighted by Gasteiger charge is 2.77. The molecule has 3 saturated carbocycles. The summed E-state index contributed by atoms with van der Waals surface area (Å²) in [7, 11) is 0. The molecule has 204 valence electrons. The molecule has 4 aliphatic carbocycles. The molecule has 1 aromatic carbocycles. The summed E-state index contributed by atoms with van der Waals surface area (Å²) in [4.78, 5) is 26.5. The van der Waals surface area contributed by atoms with E-state index in [1.165, 1.54) is 12.2 Å². The van der Waals surface area contributed by atoms with Crippen LogP contribution in [0.2, 0.25) is 0 Å². The lowest BCUT2D eigenvalue weighted by Gasteiger charge is -2.63. The third-order valence-corrected chi connectivity index (χ3v) is 10.5. The Labute approximate surface area is 227 Å². The van der Waals surface area contributed by atoms with Crippen LogP contribution in [0.15, 0.2) is 48.1 Å². The molecule has 8 heteroatoms. The van der Waals surface area contributed by atoms with Crippen LogP contribution in [0.4, 0.5) is 8.78 Å². The number of fused-ring (bicyclic) bond motifs is 5. The first-order chi connectivity index (χ1) is 17.8. The number of hydrogen-bond acceptors (Lipinski definition) is 6. The summed E-state index contributed by atoms with van der Waals surface area (Å²) < 4.78 is 38.9. The number of carbonyl (C=O) groups is 2. The molecule has 0 aliphatic heterocycles. The molecule has 5 rings (SSSR count). The van der Waals surface area contributed by atoms with Crippen molar-refractivity contribution >= 4 is 34.4 Å². The minimum Gasteiger partial charge on any atom is -0.481 e. The zero-order valence-electron chi connectivity index (χ0n) is 22.0. The second kappa shape index (κ2) is 8.86. The number of ether oxygens (including phenoxy) is 1. The van der Waals surface area contributed by atoms with E-state index in [9.17, 15) is 19.8 Å². The topological polar surface area (TPSA) is 83.8 Å². The molecule has 0 spiro atoms. The predicted octanol–water partition coefficient (Wildman–Crippen LogP) is 4.74. The van der Waals surface area contributed by atoms with E-state index in [1.807, 2.05) is 0 Å². The molecule has 0 saturated heterocycles. The lowest BCUT2D eigenvalue weighted by molar-refractivity contribution is -0.221. The van der Waals surface area contributed by atoms with Gasteiger partial charge in [0.1, 0.15) is 11.8 Å². The maximum absolute atomic E-state index is 17.8. The smallest absolute Gasteiger partial charge is 0.241 e. The number of aliphatic hydroxyl groups is 2. The standard InChI is InChI=1S/C30H34F2O5S/c1-5-37-26(38)25(35)30(36)16(2)11-19-20-12-22(31)21-13-23(33)18(17-9-7-6-8-10-17)14-27(21,3)29(20,32)24(34)15-28(19,30)4/h6-10,13-14,16,19-20,22,24,34,36H,5,11-12,15H2,1-4H3/t16-,19+,20+,22+,24+,27+,28+,29+,30+/m1/s1. The number of benzene rings is 1. The average molecular weight is 545 g/mol. The van der Waals surface area contributed by atoms with E-state index in [4.69, 9.17) is 17.0 Å². The highest BCUT2D eigenvalue weighted by molar-refractivity contribution is 7.81. The fraction of sp³-hybridized carbons (Fsp3) is 0.567. The summed E-state index contributed by atoms with van der Waals surface area (Å²) >= 11 is 5.15. The molecule has 0 aromatic heterocycles. The first kappa shape index (κ1) is 27.3. The number of halogens is 2. The zero-order valence-corrected chi connectivity index (χ0v) is 22.9. The molecular weight excluding hydrogens is 510 g/mol. The molecule has 4 aliphatic rings. The van der Waals surface area contributed by atoms with Crippen LogP contribution in [0.5, 0.6) is 0 Å². The molecular formula is C30H34F2O5S. The molecule has 3 fully saturated rings. The molecule has 1 aromatic rings. The number of allylic oxidation sites excluding steroid dienone is 4. The Morgan fingerprint density at radius 2 is 1.84 bits per heavy atom. The van der Waals surface area contributed by atoms with Gasteiger partial charge in [0, 0.05) is 22.3 Å². The van der Waals surface area contributed by atoms with Crippen molar-refractivity contribution < 1.29 is 33.3 Å². The molecule has 38 heavy (non-hydrogen) atoms. The lowest BCUT2D eigenvalue weighted by atomic mass is 9.44. The van der Waals surface area contributed by atoms with E-state index in [-0.39, 0.29) is 42.1 Å². The summed E-state index contributed by atoms with van der Waals surface area (Å²) in [5, 5.41) is 23.2. The Balaban J connectivity index is 1.64. The monoisotopic (exact) mass is 544 g/mol.